The molecule has 6 rings (SSSR count). The minimum Gasteiger partial charge on any atom is -0.490 e. The molecular formula is C39H37NO5. The minimum atomic E-state index is -0.114. The monoisotopic (exact) mass is 599 g/mol. The van der Waals surface area contributed by atoms with E-state index in [0.29, 0.717) is 31.6 Å². The van der Waals surface area contributed by atoms with Gasteiger partial charge < -0.3 is 18.9 Å². The van der Waals surface area contributed by atoms with E-state index in [4.69, 9.17) is 23.9 Å². The Labute approximate surface area is 264 Å². The van der Waals surface area contributed by atoms with Gasteiger partial charge in [-0.15, -0.1) is 0 Å². The molecule has 1 fully saturated rings. The van der Waals surface area contributed by atoms with Crippen molar-refractivity contribution in [3.05, 3.63) is 144 Å². The van der Waals surface area contributed by atoms with Gasteiger partial charge in [0.15, 0.2) is 0 Å². The molecule has 1 saturated carbocycles. The van der Waals surface area contributed by atoms with Gasteiger partial charge in [-0.25, -0.2) is 0 Å². The van der Waals surface area contributed by atoms with E-state index in [1.807, 2.05) is 127 Å². The van der Waals surface area contributed by atoms with Crippen molar-refractivity contribution in [2.45, 2.75) is 51.6 Å². The number of carbonyl (C=O) groups excluding carboxylic acids is 1. The molecule has 0 amide bonds. The third kappa shape index (κ3) is 8.51. The fourth-order valence-corrected chi connectivity index (χ4v) is 5.46. The zero-order valence-electron chi connectivity index (χ0n) is 25.2. The molecule has 0 radical (unpaired) electrons. The van der Waals surface area contributed by atoms with Crippen LogP contribution in [0.4, 0.5) is 0 Å². The molecule has 1 aliphatic carbocycles. The maximum Gasteiger partial charge on any atom is 0.309 e. The Morgan fingerprint density at radius 3 is 1.76 bits per heavy atom. The van der Waals surface area contributed by atoms with Gasteiger partial charge in [-0.2, -0.15) is 4.98 Å². The second kappa shape index (κ2) is 15.1. The van der Waals surface area contributed by atoms with Crippen molar-refractivity contribution in [1.82, 2.24) is 4.98 Å². The van der Waals surface area contributed by atoms with Gasteiger partial charge in [0.2, 0.25) is 11.8 Å². The molecule has 5 aromatic rings. The molecule has 228 valence electrons. The normalized spacial score (nSPS) is 16.0. The standard InChI is InChI=1S/C39H37NO5/c41-39(44-28-31-14-8-3-9-15-31)33-18-22-35(23-19-33)45-34-20-16-32(17-21-34)36-24-25-37(42-26-29-10-4-1-5-11-29)40-38(36)43-27-30-12-6-2-7-13-30/h1-17,20-21,24-25,33,35H,18-19,22-23,26-28H2/t33-,35-. The third-order valence-corrected chi connectivity index (χ3v) is 7.98. The average molecular weight is 600 g/mol. The van der Waals surface area contributed by atoms with Gasteiger partial charge >= 0.3 is 5.97 Å². The number of benzene rings is 4. The van der Waals surface area contributed by atoms with Crippen LogP contribution in [0, 0.1) is 5.92 Å². The third-order valence-electron chi connectivity index (χ3n) is 7.98. The highest BCUT2D eigenvalue weighted by atomic mass is 16.5. The van der Waals surface area contributed by atoms with Crippen LogP contribution < -0.4 is 14.2 Å². The topological polar surface area (TPSA) is 66.9 Å². The molecule has 0 N–H and O–H groups in total. The summed E-state index contributed by atoms with van der Waals surface area (Å²) in [6.45, 7) is 1.14. The number of hydrogen-bond acceptors (Lipinski definition) is 6. The van der Waals surface area contributed by atoms with Crippen molar-refractivity contribution in [2.75, 3.05) is 0 Å². The number of aromatic nitrogens is 1. The number of hydrogen-bond donors (Lipinski definition) is 0. The maximum atomic E-state index is 12.6. The average Bonchev–Trinajstić information content (AvgIpc) is 3.11. The van der Waals surface area contributed by atoms with Gasteiger partial charge in [0, 0.05) is 11.6 Å². The molecule has 0 saturated heterocycles. The summed E-state index contributed by atoms with van der Waals surface area (Å²) >= 11 is 0. The van der Waals surface area contributed by atoms with Crippen LogP contribution in [-0.2, 0) is 29.4 Å². The van der Waals surface area contributed by atoms with E-state index in [1.54, 1.807) is 0 Å². The van der Waals surface area contributed by atoms with Crippen molar-refractivity contribution in [2.24, 2.45) is 5.92 Å². The van der Waals surface area contributed by atoms with Crippen molar-refractivity contribution < 1.29 is 23.7 Å². The predicted octanol–water partition coefficient (Wildman–Crippen LogP) is 8.59. The summed E-state index contributed by atoms with van der Waals surface area (Å²) in [5, 5.41) is 0. The van der Waals surface area contributed by atoms with Crippen LogP contribution in [0.2, 0.25) is 0 Å². The van der Waals surface area contributed by atoms with E-state index in [-0.39, 0.29) is 18.0 Å². The second-order valence-electron chi connectivity index (χ2n) is 11.3. The predicted molar refractivity (Wildman–Crippen MR) is 174 cm³/mol. The van der Waals surface area contributed by atoms with E-state index in [2.05, 4.69) is 0 Å². The van der Waals surface area contributed by atoms with Gasteiger partial charge in [0.1, 0.15) is 25.6 Å². The first-order valence-electron chi connectivity index (χ1n) is 15.5. The number of ether oxygens (including phenoxy) is 4. The minimum absolute atomic E-state index is 0.0708. The first kappa shape index (κ1) is 29.9. The molecule has 6 heteroatoms. The van der Waals surface area contributed by atoms with Crippen molar-refractivity contribution >= 4 is 5.97 Å². The Balaban J connectivity index is 1.07. The first-order valence-corrected chi connectivity index (χ1v) is 15.5. The van der Waals surface area contributed by atoms with Gasteiger partial charge in [0.25, 0.3) is 0 Å². The highest BCUT2D eigenvalue weighted by Gasteiger charge is 2.28. The van der Waals surface area contributed by atoms with E-state index in [1.165, 1.54) is 0 Å². The molecule has 45 heavy (non-hydrogen) atoms. The molecule has 1 aliphatic rings. The largest absolute Gasteiger partial charge is 0.490 e. The quantitative estimate of drug-likeness (QED) is 0.134. The summed E-state index contributed by atoms with van der Waals surface area (Å²) < 4.78 is 24.1. The Kier molecular flexibility index (Phi) is 10.0. The molecule has 4 aromatic carbocycles. The molecule has 0 unspecified atom stereocenters. The Morgan fingerprint density at radius 2 is 1.16 bits per heavy atom. The van der Waals surface area contributed by atoms with Crippen LogP contribution >= 0.6 is 0 Å². The van der Waals surface area contributed by atoms with Gasteiger partial charge in [-0.05, 0) is 66.1 Å². The van der Waals surface area contributed by atoms with E-state index in [9.17, 15) is 4.79 Å². The Hall–Kier alpha value is -5.10. The zero-order chi connectivity index (χ0) is 30.7. The lowest BCUT2D eigenvalue weighted by Gasteiger charge is -2.28. The number of pyridine rings is 1. The van der Waals surface area contributed by atoms with Crippen LogP contribution in [0.1, 0.15) is 42.4 Å². The summed E-state index contributed by atoms with van der Waals surface area (Å²) in [6.07, 6.45) is 3.24. The van der Waals surface area contributed by atoms with E-state index < -0.39 is 0 Å². The smallest absolute Gasteiger partial charge is 0.309 e. The van der Waals surface area contributed by atoms with Crippen molar-refractivity contribution in [1.29, 1.82) is 0 Å². The molecule has 1 heterocycles. The number of esters is 1. The summed E-state index contributed by atoms with van der Waals surface area (Å²) in [5.41, 5.74) is 4.98. The Bertz CT molecular complexity index is 1630. The van der Waals surface area contributed by atoms with Gasteiger partial charge in [-0.1, -0.05) is 103 Å². The van der Waals surface area contributed by atoms with E-state index in [0.717, 1.165) is 59.3 Å². The van der Waals surface area contributed by atoms with Crippen molar-refractivity contribution in [3.63, 3.8) is 0 Å². The van der Waals surface area contributed by atoms with Crippen LogP contribution in [-0.4, -0.2) is 17.1 Å². The molecule has 0 spiro atoms. The SMILES string of the molecule is O=C(OCc1ccccc1)[C@H]1CC[C@H](Oc2ccc(-c3ccc(OCc4ccccc4)nc3OCc3ccccc3)cc2)CC1. The van der Waals surface area contributed by atoms with Crippen LogP contribution in [0.3, 0.4) is 0 Å². The number of rotatable bonds is 12. The highest BCUT2D eigenvalue weighted by molar-refractivity contribution is 5.72. The molecular weight excluding hydrogens is 562 g/mol. The van der Waals surface area contributed by atoms with Gasteiger partial charge in [0.05, 0.1) is 12.0 Å². The molecule has 0 bridgehead atoms. The molecule has 0 aliphatic heterocycles. The summed E-state index contributed by atoms with van der Waals surface area (Å²) in [7, 11) is 0. The maximum absolute atomic E-state index is 12.6. The fraction of sp³-hybridized carbons (Fsp3) is 0.231. The molecule has 6 nitrogen and oxygen atoms in total. The van der Waals surface area contributed by atoms with E-state index >= 15 is 0 Å². The summed E-state index contributed by atoms with van der Waals surface area (Å²) in [5.74, 6) is 1.63. The lowest BCUT2D eigenvalue weighted by Crippen LogP contribution is -2.29. The Morgan fingerprint density at radius 1 is 0.600 bits per heavy atom. The van der Waals surface area contributed by atoms with Crippen LogP contribution in [0.25, 0.3) is 11.1 Å². The molecule has 1 aromatic heterocycles. The number of carbonyl (C=O) groups is 1. The van der Waals surface area contributed by atoms with Gasteiger partial charge in [-0.3, -0.25) is 4.79 Å². The van der Waals surface area contributed by atoms with Crippen molar-refractivity contribution in [3.8, 4) is 28.6 Å². The number of nitrogens with zero attached hydrogens (tertiary/aromatic N) is 1. The highest BCUT2D eigenvalue weighted by Crippen LogP contribution is 2.34. The van der Waals surface area contributed by atoms with Crippen LogP contribution in [0.5, 0.6) is 17.5 Å². The van der Waals surface area contributed by atoms with Crippen LogP contribution in [0.15, 0.2) is 127 Å². The molecule has 0 atom stereocenters. The lowest BCUT2D eigenvalue weighted by molar-refractivity contribution is -0.151. The second-order valence-corrected chi connectivity index (χ2v) is 11.3. The summed E-state index contributed by atoms with van der Waals surface area (Å²) in [6, 6.07) is 41.7. The lowest BCUT2D eigenvalue weighted by atomic mass is 9.87. The summed E-state index contributed by atoms with van der Waals surface area (Å²) in [4.78, 5) is 17.3. The fourth-order valence-electron chi connectivity index (χ4n) is 5.46. The zero-order valence-corrected chi connectivity index (χ0v) is 25.2. The first-order chi connectivity index (χ1) is 22.2.